The molecular formula is C15H19N3O4S2. The molecule has 0 spiro atoms. The van der Waals surface area contributed by atoms with Crippen LogP contribution in [0.3, 0.4) is 0 Å². The molecule has 2 aromatic rings. The molecule has 1 aliphatic heterocycles. The van der Waals surface area contributed by atoms with Crippen molar-refractivity contribution in [1.82, 2.24) is 9.29 Å². The number of carbonyl (C=O) groups is 1. The first-order valence-electron chi connectivity index (χ1n) is 7.58. The molecule has 1 aromatic heterocycles. The number of nitrogens with zero attached hydrogens (tertiary/aromatic N) is 2. The monoisotopic (exact) mass is 369 g/mol. The van der Waals surface area contributed by atoms with Gasteiger partial charge in [-0.15, -0.1) is 0 Å². The van der Waals surface area contributed by atoms with Gasteiger partial charge in [0, 0.05) is 19.0 Å². The molecule has 3 rings (SSSR count). The standard InChI is InChI=1S/C15H19N3O4S2/c1-22-11-4-3-5-12-13(11)16-15(23-12)17-14(19)10-6-8-18(9-7-10)24(2,20)21/h3-5,10H,6-9H2,1-2H3,(H,16,17,19). The molecule has 1 amide bonds. The van der Waals surface area contributed by atoms with Crippen LogP contribution in [0, 0.1) is 5.92 Å². The number of anilines is 1. The van der Waals surface area contributed by atoms with Gasteiger partial charge in [0.15, 0.2) is 5.13 Å². The first-order chi connectivity index (χ1) is 11.4. The zero-order valence-electron chi connectivity index (χ0n) is 13.5. The fourth-order valence-corrected chi connectivity index (χ4v) is 4.56. The fourth-order valence-electron chi connectivity index (χ4n) is 2.80. The highest BCUT2D eigenvalue weighted by atomic mass is 32.2. The Morgan fingerprint density at radius 3 is 2.71 bits per heavy atom. The number of methoxy groups -OCH3 is 1. The third kappa shape index (κ3) is 3.52. The lowest BCUT2D eigenvalue weighted by molar-refractivity contribution is -0.120. The predicted molar refractivity (Wildman–Crippen MR) is 93.9 cm³/mol. The van der Waals surface area contributed by atoms with Crippen molar-refractivity contribution >= 4 is 42.6 Å². The van der Waals surface area contributed by atoms with Crippen molar-refractivity contribution in [2.75, 3.05) is 31.8 Å². The third-order valence-electron chi connectivity index (χ3n) is 4.13. The molecule has 0 atom stereocenters. The Morgan fingerprint density at radius 2 is 2.08 bits per heavy atom. The summed E-state index contributed by atoms with van der Waals surface area (Å²) < 4.78 is 30.7. The van der Waals surface area contributed by atoms with Gasteiger partial charge in [-0.3, -0.25) is 4.79 Å². The van der Waals surface area contributed by atoms with Gasteiger partial charge in [0.1, 0.15) is 11.3 Å². The molecule has 1 fully saturated rings. The van der Waals surface area contributed by atoms with E-state index in [1.807, 2.05) is 18.2 Å². The van der Waals surface area contributed by atoms with Gasteiger partial charge >= 0.3 is 0 Å². The number of piperidine rings is 1. The maximum absolute atomic E-state index is 12.4. The van der Waals surface area contributed by atoms with Crippen LogP contribution in [-0.2, 0) is 14.8 Å². The molecule has 0 saturated carbocycles. The van der Waals surface area contributed by atoms with Crippen LogP contribution in [0.5, 0.6) is 5.75 Å². The second-order valence-corrected chi connectivity index (χ2v) is 8.76. The van der Waals surface area contributed by atoms with Crippen LogP contribution in [0.4, 0.5) is 5.13 Å². The smallest absolute Gasteiger partial charge is 0.229 e. The number of amides is 1. The van der Waals surface area contributed by atoms with Crippen LogP contribution >= 0.6 is 11.3 Å². The highest BCUT2D eigenvalue weighted by molar-refractivity contribution is 7.88. The van der Waals surface area contributed by atoms with E-state index in [1.54, 1.807) is 7.11 Å². The van der Waals surface area contributed by atoms with Crippen molar-refractivity contribution in [2.45, 2.75) is 12.8 Å². The van der Waals surface area contributed by atoms with Crippen LogP contribution in [0.15, 0.2) is 18.2 Å². The second-order valence-electron chi connectivity index (χ2n) is 5.75. The Labute approximate surface area is 144 Å². The molecule has 9 heteroatoms. The summed E-state index contributed by atoms with van der Waals surface area (Å²) in [5.41, 5.74) is 0.729. The molecule has 1 aliphatic rings. The summed E-state index contributed by atoms with van der Waals surface area (Å²) >= 11 is 1.39. The number of benzene rings is 1. The highest BCUT2D eigenvalue weighted by Gasteiger charge is 2.29. The Hall–Kier alpha value is -1.71. The van der Waals surface area contributed by atoms with E-state index in [0.29, 0.717) is 36.8 Å². The van der Waals surface area contributed by atoms with E-state index in [0.717, 1.165) is 10.2 Å². The number of thiazole rings is 1. The quantitative estimate of drug-likeness (QED) is 0.889. The SMILES string of the molecule is COc1cccc2sc(NC(=O)C3CCN(S(C)(=O)=O)CC3)nc12. The number of para-hydroxylation sites is 1. The van der Waals surface area contributed by atoms with Crippen LogP contribution in [0.25, 0.3) is 10.2 Å². The minimum absolute atomic E-state index is 0.110. The predicted octanol–water partition coefficient (Wildman–Crippen LogP) is 1.91. The fraction of sp³-hybridized carbons (Fsp3) is 0.467. The molecule has 0 unspecified atom stereocenters. The van der Waals surface area contributed by atoms with Gasteiger partial charge in [-0.25, -0.2) is 17.7 Å². The number of aromatic nitrogens is 1. The molecule has 0 radical (unpaired) electrons. The lowest BCUT2D eigenvalue weighted by Gasteiger charge is -2.29. The molecule has 1 aromatic carbocycles. The van der Waals surface area contributed by atoms with Crippen LogP contribution in [-0.4, -0.2) is 50.1 Å². The lowest BCUT2D eigenvalue weighted by atomic mass is 9.97. The number of nitrogens with one attached hydrogen (secondary N) is 1. The maximum Gasteiger partial charge on any atom is 0.229 e. The van der Waals surface area contributed by atoms with Crippen molar-refractivity contribution < 1.29 is 17.9 Å². The number of hydrogen-bond donors (Lipinski definition) is 1. The van der Waals surface area contributed by atoms with Gasteiger partial charge in [-0.1, -0.05) is 17.4 Å². The van der Waals surface area contributed by atoms with Gasteiger partial charge in [-0.2, -0.15) is 0 Å². The summed E-state index contributed by atoms with van der Waals surface area (Å²) in [6, 6.07) is 5.64. The number of fused-ring (bicyclic) bond motifs is 1. The zero-order chi connectivity index (χ0) is 17.3. The molecule has 7 nitrogen and oxygen atoms in total. The molecule has 0 aliphatic carbocycles. The number of rotatable bonds is 4. The summed E-state index contributed by atoms with van der Waals surface area (Å²) in [5.74, 6) is 0.365. The zero-order valence-corrected chi connectivity index (χ0v) is 15.1. The first kappa shape index (κ1) is 17.1. The van der Waals surface area contributed by atoms with Gasteiger partial charge in [-0.05, 0) is 25.0 Å². The van der Waals surface area contributed by atoms with Crippen molar-refractivity contribution in [2.24, 2.45) is 5.92 Å². The Bertz CT molecular complexity index is 855. The normalized spacial score (nSPS) is 17.1. The molecule has 0 bridgehead atoms. The minimum Gasteiger partial charge on any atom is -0.494 e. The van der Waals surface area contributed by atoms with Gasteiger partial charge in [0.2, 0.25) is 15.9 Å². The molecule has 2 heterocycles. The third-order valence-corrected chi connectivity index (χ3v) is 6.36. The van der Waals surface area contributed by atoms with Gasteiger partial charge in [0.05, 0.1) is 18.1 Å². The van der Waals surface area contributed by atoms with E-state index in [4.69, 9.17) is 4.74 Å². The summed E-state index contributed by atoms with van der Waals surface area (Å²) in [7, 11) is -1.60. The summed E-state index contributed by atoms with van der Waals surface area (Å²) in [6.07, 6.45) is 2.24. The summed E-state index contributed by atoms with van der Waals surface area (Å²) in [6.45, 7) is 0.759. The van der Waals surface area contributed by atoms with Gasteiger partial charge < -0.3 is 10.1 Å². The van der Waals surface area contributed by atoms with E-state index in [2.05, 4.69) is 10.3 Å². The second kappa shape index (κ2) is 6.66. The lowest BCUT2D eigenvalue weighted by Crippen LogP contribution is -2.40. The van der Waals surface area contributed by atoms with E-state index in [1.165, 1.54) is 21.9 Å². The maximum atomic E-state index is 12.4. The first-order valence-corrected chi connectivity index (χ1v) is 10.2. The van der Waals surface area contributed by atoms with E-state index < -0.39 is 10.0 Å². The number of hydrogen-bond acceptors (Lipinski definition) is 6. The summed E-state index contributed by atoms with van der Waals surface area (Å²) in [4.78, 5) is 16.8. The van der Waals surface area contributed by atoms with Crippen LogP contribution < -0.4 is 10.1 Å². The van der Waals surface area contributed by atoms with Crippen molar-refractivity contribution in [3.8, 4) is 5.75 Å². The van der Waals surface area contributed by atoms with Crippen LogP contribution in [0.1, 0.15) is 12.8 Å². The van der Waals surface area contributed by atoms with Gasteiger partial charge in [0.25, 0.3) is 0 Å². The molecule has 1 saturated heterocycles. The number of sulfonamides is 1. The molecular weight excluding hydrogens is 350 g/mol. The largest absolute Gasteiger partial charge is 0.494 e. The molecule has 24 heavy (non-hydrogen) atoms. The Kier molecular flexibility index (Phi) is 4.75. The minimum atomic E-state index is -3.18. The van der Waals surface area contributed by atoms with E-state index >= 15 is 0 Å². The topological polar surface area (TPSA) is 88.6 Å². The highest BCUT2D eigenvalue weighted by Crippen LogP contribution is 2.32. The summed E-state index contributed by atoms with van der Waals surface area (Å²) in [5, 5.41) is 3.38. The van der Waals surface area contributed by atoms with Crippen molar-refractivity contribution in [1.29, 1.82) is 0 Å². The molecule has 130 valence electrons. The Balaban J connectivity index is 1.68. The number of carbonyl (C=O) groups excluding carboxylic acids is 1. The average molecular weight is 369 g/mol. The van der Waals surface area contributed by atoms with E-state index in [-0.39, 0.29) is 11.8 Å². The number of ether oxygens (including phenoxy) is 1. The van der Waals surface area contributed by atoms with Crippen molar-refractivity contribution in [3.05, 3.63) is 18.2 Å². The van der Waals surface area contributed by atoms with Crippen LogP contribution in [0.2, 0.25) is 0 Å². The average Bonchev–Trinajstić information content (AvgIpc) is 2.96. The Morgan fingerprint density at radius 1 is 1.38 bits per heavy atom. The molecule has 1 N–H and O–H groups in total. The van der Waals surface area contributed by atoms with E-state index in [9.17, 15) is 13.2 Å². The van der Waals surface area contributed by atoms with Crippen molar-refractivity contribution in [3.63, 3.8) is 0 Å².